The van der Waals surface area contributed by atoms with Crippen molar-refractivity contribution in [2.24, 2.45) is 0 Å². The Hall–Kier alpha value is -1.71. The summed E-state index contributed by atoms with van der Waals surface area (Å²) in [6.07, 6.45) is -0.230. The zero-order valence-electron chi connectivity index (χ0n) is 19.0. The standard InChI is InChI=1S/C23H37N3O5/c1-18(2)31-17-20(27)14-25-12-13-30-22(16-25)15-24-8-10-26(11-9-24)23(28)19-4-6-21(29-3)7-5-19/h4-7,18,20,22,27H,8-17H2,1-3H3. The summed E-state index contributed by atoms with van der Waals surface area (Å²) in [6.45, 7) is 11.2. The van der Waals surface area contributed by atoms with Crippen molar-refractivity contribution >= 4 is 5.91 Å². The number of hydrogen-bond donors (Lipinski definition) is 1. The first-order chi connectivity index (χ1) is 14.9. The lowest BCUT2D eigenvalue weighted by molar-refractivity contribution is -0.0670. The Labute approximate surface area is 185 Å². The summed E-state index contributed by atoms with van der Waals surface area (Å²) in [6, 6.07) is 7.28. The normalized spacial score (nSPS) is 22.0. The molecule has 2 saturated heterocycles. The number of hydrogen-bond acceptors (Lipinski definition) is 7. The van der Waals surface area contributed by atoms with Crippen LogP contribution >= 0.6 is 0 Å². The van der Waals surface area contributed by atoms with Crippen LogP contribution in [0.3, 0.4) is 0 Å². The molecule has 0 aliphatic carbocycles. The molecule has 8 nitrogen and oxygen atoms in total. The summed E-state index contributed by atoms with van der Waals surface area (Å²) in [5, 5.41) is 10.2. The number of ether oxygens (including phenoxy) is 3. The minimum Gasteiger partial charge on any atom is -0.497 e. The summed E-state index contributed by atoms with van der Waals surface area (Å²) >= 11 is 0. The van der Waals surface area contributed by atoms with Crippen molar-refractivity contribution in [2.45, 2.75) is 32.2 Å². The van der Waals surface area contributed by atoms with E-state index in [1.54, 1.807) is 7.11 Å². The lowest BCUT2D eigenvalue weighted by Gasteiger charge is -2.39. The van der Waals surface area contributed by atoms with E-state index in [-0.39, 0.29) is 18.1 Å². The molecule has 2 heterocycles. The molecule has 2 aliphatic rings. The number of methoxy groups -OCH3 is 1. The predicted octanol–water partition coefficient (Wildman–Crippen LogP) is 0.940. The summed E-state index contributed by atoms with van der Waals surface area (Å²) < 4.78 is 16.6. The minimum absolute atomic E-state index is 0.0694. The second-order valence-electron chi connectivity index (χ2n) is 8.61. The predicted molar refractivity (Wildman–Crippen MR) is 119 cm³/mol. The molecule has 174 valence electrons. The van der Waals surface area contributed by atoms with Crippen LogP contribution in [0.5, 0.6) is 5.75 Å². The molecule has 2 fully saturated rings. The van der Waals surface area contributed by atoms with E-state index in [0.29, 0.717) is 38.4 Å². The molecule has 0 saturated carbocycles. The fourth-order valence-corrected chi connectivity index (χ4v) is 4.05. The van der Waals surface area contributed by atoms with E-state index in [4.69, 9.17) is 14.2 Å². The van der Waals surface area contributed by atoms with Crippen molar-refractivity contribution in [3.63, 3.8) is 0 Å². The Kier molecular flexibility index (Phi) is 9.10. The van der Waals surface area contributed by atoms with Gasteiger partial charge in [-0.05, 0) is 38.1 Å². The van der Waals surface area contributed by atoms with Crippen LogP contribution in [0.1, 0.15) is 24.2 Å². The molecule has 2 unspecified atom stereocenters. The van der Waals surface area contributed by atoms with Gasteiger partial charge >= 0.3 is 0 Å². The average molecular weight is 436 g/mol. The van der Waals surface area contributed by atoms with Gasteiger partial charge in [-0.3, -0.25) is 14.6 Å². The van der Waals surface area contributed by atoms with Crippen molar-refractivity contribution in [1.29, 1.82) is 0 Å². The smallest absolute Gasteiger partial charge is 0.253 e. The number of rotatable bonds is 9. The number of amides is 1. The third-order valence-corrected chi connectivity index (χ3v) is 5.77. The fraction of sp³-hybridized carbons (Fsp3) is 0.696. The minimum atomic E-state index is -0.478. The van der Waals surface area contributed by atoms with Gasteiger partial charge in [-0.1, -0.05) is 0 Å². The van der Waals surface area contributed by atoms with E-state index in [2.05, 4.69) is 9.80 Å². The van der Waals surface area contributed by atoms with Crippen molar-refractivity contribution in [2.75, 3.05) is 72.7 Å². The van der Waals surface area contributed by atoms with Crippen molar-refractivity contribution in [3.8, 4) is 5.75 Å². The molecule has 8 heteroatoms. The van der Waals surface area contributed by atoms with E-state index in [1.165, 1.54) is 0 Å². The summed E-state index contributed by atoms with van der Waals surface area (Å²) in [4.78, 5) is 19.3. The Morgan fingerprint density at radius 1 is 1.13 bits per heavy atom. The zero-order valence-corrected chi connectivity index (χ0v) is 19.0. The van der Waals surface area contributed by atoms with Crippen LogP contribution in [0, 0.1) is 0 Å². The number of carbonyl (C=O) groups is 1. The van der Waals surface area contributed by atoms with Gasteiger partial charge in [0.05, 0.1) is 38.6 Å². The second-order valence-corrected chi connectivity index (χ2v) is 8.61. The van der Waals surface area contributed by atoms with Gasteiger partial charge in [0.2, 0.25) is 0 Å². The highest BCUT2D eigenvalue weighted by molar-refractivity contribution is 5.94. The lowest BCUT2D eigenvalue weighted by atomic mass is 10.1. The van der Waals surface area contributed by atoms with E-state index in [9.17, 15) is 9.90 Å². The van der Waals surface area contributed by atoms with Crippen LogP contribution in [-0.4, -0.2) is 117 Å². The molecule has 2 aliphatic heterocycles. The highest BCUT2D eigenvalue weighted by atomic mass is 16.5. The van der Waals surface area contributed by atoms with Gasteiger partial charge in [-0.2, -0.15) is 0 Å². The largest absolute Gasteiger partial charge is 0.497 e. The molecule has 1 aromatic carbocycles. The first-order valence-electron chi connectivity index (χ1n) is 11.2. The maximum absolute atomic E-state index is 12.7. The quantitative estimate of drug-likeness (QED) is 0.619. The van der Waals surface area contributed by atoms with E-state index >= 15 is 0 Å². The molecular formula is C23H37N3O5. The van der Waals surface area contributed by atoms with Crippen LogP contribution < -0.4 is 4.74 Å². The third kappa shape index (κ3) is 7.43. The highest BCUT2D eigenvalue weighted by Gasteiger charge is 2.27. The van der Waals surface area contributed by atoms with Gasteiger partial charge in [0, 0.05) is 57.9 Å². The fourth-order valence-electron chi connectivity index (χ4n) is 4.05. The van der Waals surface area contributed by atoms with Gasteiger partial charge < -0.3 is 24.2 Å². The number of β-amino-alcohol motifs (C(OH)–C–C–N with tert-alkyl or cyclic N) is 1. The number of aliphatic hydroxyl groups is 1. The first kappa shape index (κ1) is 23.9. The van der Waals surface area contributed by atoms with E-state index in [0.717, 1.165) is 38.5 Å². The molecule has 2 atom stereocenters. The molecule has 0 aromatic heterocycles. The molecule has 1 amide bonds. The van der Waals surface area contributed by atoms with Crippen LogP contribution in [0.25, 0.3) is 0 Å². The topological polar surface area (TPSA) is 74.7 Å². The molecule has 0 radical (unpaired) electrons. The molecule has 31 heavy (non-hydrogen) atoms. The van der Waals surface area contributed by atoms with Gasteiger partial charge in [-0.15, -0.1) is 0 Å². The third-order valence-electron chi connectivity index (χ3n) is 5.77. The van der Waals surface area contributed by atoms with Crippen LogP contribution in [0.15, 0.2) is 24.3 Å². The lowest BCUT2D eigenvalue weighted by Crippen LogP contribution is -2.54. The number of piperazine rings is 1. The average Bonchev–Trinajstić information content (AvgIpc) is 2.78. The zero-order chi connectivity index (χ0) is 22.2. The number of benzene rings is 1. The maximum atomic E-state index is 12.7. The van der Waals surface area contributed by atoms with Gasteiger partial charge in [-0.25, -0.2) is 0 Å². The van der Waals surface area contributed by atoms with Gasteiger partial charge in [0.25, 0.3) is 5.91 Å². The van der Waals surface area contributed by atoms with Gasteiger partial charge in [0.15, 0.2) is 0 Å². The summed E-state index contributed by atoms with van der Waals surface area (Å²) in [5.41, 5.74) is 0.695. The Morgan fingerprint density at radius 2 is 1.84 bits per heavy atom. The van der Waals surface area contributed by atoms with Crippen molar-refractivity contribution < 1.29 is 24.1 Å². The Bertz CT molecular complexity index is 676. The first-order valence-corrected chi connectivity index (χ1v) is 11.2. The van der Waals surface area contributed by atoms with Crippen molar-refractivity contribution in [1.82, 2.24) is 14.7 Å². The molecule has 0 bridgehead atoms. The number of morpholine rings is 1. The molecule has 1 aromatic rings. The van der Waals surface area contributed by atoms with E-state index in [1.807, 2.05) is 43.0 Å². The van der Waals surface area contributed by atoms with Gasteiger partial charge in [0.1, 0.15) is 5.75 Å². The highest BCUT2D eigenvalue weighted by Crippen LogP contribution is 2.15. The molecule has 3 rings (SSSR count). The SMILES string of the molecule is COc1ccc(C(=O)N2CCN(CC3CN(CC(O)COC(C)C)CCO3)CC2)cc1. The summed E-state index contributed by atoms with van der Waals surface area (Å²) in [5.74, 6) is 0.822. The van der Waals surface area contributed by atoms with Crippen molar-refractivity contribution in [3.05, 3.63) is 29.8 Å². The monoisotopic (exact) mass is 435 g/mol. The van der Waals surface area contributed by atoms with E-state index < -0.39 is 6.10 Å². The molecule has 0 spiro atoms. The van der Waals surface area contributed by atoms with Crippen LogP contribution in [0.2, 0.25) is 0 Å². The molecule has 1 N–H and O–H groups in total. The number of nitrogens with zero attached hydrogens (tertiary/aromatic N) is 3. The number of aliphatic hydroxyl groups excluding tert-OH is 1. The maximum Gasteiger partial charge on any atom is 0.253 e. The number of carbonyl (C=O) groups excluding carboxylic acids is 1. The second kappa shape index (κ2) is 11.8. The van der Waals surface area contributed by atoms with Crippen LogP contribution in [0.4, 0.5) is 0 Å². The molecular weight excluding hydrogens is 398 g/mol. The van der Waals surface area contributed by atoms with Crippen LogP contribution in [-0.2, 0) is 9.47 Å². The Morgan fingerprint density at radius 3 is 2.48 bits per heavy atom. The Balaban J connectivity index is 1.40. The summed E-state index contributed by atoms with van der Waals surface area (Å²) in [7, 11) is 1.62.